The van der Waals surface area contributed by atoms with Crippen molar-refractivity contribution in [1.29, 1.82) is 5.26 Å². The quantitative estimate of drug-likeness (QED) is 0.467. The van der Waals surface area contributed by atoms with E-state index in [9.17, 15) is 9.59 Å². The van der Waals surface area contributed by atoms with Crippen molar-refractivity contribution in [3.05, 3.63) is 34.9 Å². The zero-order valence-electron chi connectivity index (χ0n) is 9.20. The van der Waals surface area contributed by atoms with Crippen molar-refractivity contribution in [2.75, 3.05) is 13.0 Å². The van der Waals surface area contributed by atoms with E-state index >= 15 is 0 Å². The fraction of sp³-hybridized carbons (Fsp3) is 0.250. The van der Waals surface area contributed by atoms with Crippen LogP contribution in [0, 0.1) is 11.3 Å². The molecule has 0 aliphatic rings. The fourth-order valence-corrected chi connectivity index (χ4v) is 1.49. The van der Waals surface area contributed by atoms with Gasteiger partial charge in [0, 0.05) is 17.9 Å². The van der Waals surface area contributed by atoms with E-state index in [4.69, 9.17) is 16.9 Å². The molecule has 0 saturated carbocycles. The van der Waals surface area contributed by atoms with Crippen LogP contribution in [0.25, 0.3) is 0 Å². The number of rotatable bonds is 4. The first-order chi connectivity index (χ1) is 8.12. The third kappa shape index (κ3) is 3.30. The summed E-state index contributed by atoms with van der Waals surface area (Å²) in [4.78, 5) is 23.0. The molecule has 88 valence electrons. The van der Waals surface area contributed by atoms with E-state index in [2.05, 4.69) is 4.74 Å². The maximum atomic E-state index is 11.6. The van der Waals surface area contributed by atoms with Gasteiger partial charge < -0.3 is 4.74 Å². The molecule has 0 radical (unpaired) electrons. The van der Waals surface area contributed by atoms with Gasteiger partial charge in [0.15, 0.2) is 5.78 Å². The lowest BCUT2D eigenvalue weighted by molar-refractivity contribution is 0.0600. The standard InChI is InChI=1S/C12H10ClNO3/c1-17-12(16)10-5-8(7-14)4-9(6-10)11(15)2-3-13/h4-6H,2-3H2,1H3. The summed E-state index contributed by atoms with van der Waals surface area (Å²) in [6.07, 6.45) is 0.164. The minimum atomic E-state index is -0.581. The number of Topliss-reactive ketones (excluding diaryl/α,β-unsaturated/α-hetero) is 1. The summed E-state index contributed by atoms with van der Waals surface area (Å²) in [5, 5.41) is 8.81. The predicted octanol–water partition coefficient (Wildman–Crippen LogP) is 2.16. The molecule has 1 rings (SSSR count). The van der Waals surface area contributed by atoms with Gasteiger partial charge in [-0.05, 0) is 18.2 Å². The molecule has 5 heteroatoms. The molecule has 0 aliphatic carbocycles. The second-order valence-corrected chi connectivity index (χ2v) is 3.64. The molecular weight excluding hydrogens is 242 g/mol. The number of halogens is 1. The topological polar surface area (TPSA) is 67.2 Å². The number of hydrogen-bond acceptors (Lipinski definition) is 4. The van der Waals surface area contributed by atoms with Crippen molar-refractivity contribution < 1.29 is 14.3 Å². The van der Waals surface area contributed by atoms with Crippen LogP contribution in [0.2, 0.25) is 0 Å². The van der Waals surface area contributed by atoms with E-state index in [-0.39, 0.29) is 29.2 Å². The molecule has 0 aliphatic heterocycles. The summed E-state index contributed by atoms with van der Waals surface area (Å²) in [5.74, 6) is -0.590. The second kappa shape index (κ2) is 6.02. The van der Waals surface area contributed by atoms with Gasteiger partial charge >= 0.3 is 5.97 Å². The molecule has 0 aromatic heterocycles. The minimum absolute atomic E-state index is 0.164. The fourth-order valence-electron chi connectivity index (χ4n) is 1.32. The van der Waals surface area contributed by atoms with Crippen molar-refractivity contribution in [3.8, 4) is 6.07 Å². The SMILES string of the molecule is COC(=O)c1cc(C#N)cc(C(=O)CCCl)c1. The molecule has 4 nitrogen and oxygen atoms in total. The Morgan fingerprint density at radius 1 is 1.35 bits per heavy atom. The van der Waals surface area contributed by atoms with E-state index in [1.807, 2.05) is 6.07 Å². The Morgan fingerprint density at radius 2 is 2.00 bits per heavy atom. The third-order valence-electron chi connectivity index (χ3n) is 2.13. The van der Waals surface area contributed by atoms with Gasteiger partial charge in [0.1, 0.15) is 0 Å². The molecule has 1 aromatic rings. The largest absolute Gasteiger partial charge is 0.465 e. The first-order valence-corrected chi connectivity index (χ1v) is 5.38. The number of carbonyl (C=O) groups is 2. The maximum absolute atomic E-state index is 11.6. The van der Waals surface area contributed by atoms with Crippen LogP contribution >= 0.6 is 11.6 Å². The number of ketones is 1. The Morgan fingerprint density at radius 3 is 2.53 bits per heavy atom. The van der Waals surface area contributed by atoms with Crippen molar-refractivity contribution >= 4 is 23.4 Å². The van der Waals surface area contributed by atoms with Crippen molar-refractivity contribution in [3.63, 3.8) is 0 Å². The van der Waals surface area contributed by atoms with Gasteiger partial charge in [0.25, 0.3) is 0 Å². The number of alkyl halides is 1. The molecule has 0 atom stereocenters. The highest BCUT2D eigenvalue weighted by atomic mass is 35.5. The Kier molecular flexibility index (Phi) is 4.68. The van der Waals surface area contributed by atoms with Gasteiger partial charge in [-0.15, -0.1) is 11.6 Å². The monoisotopic (exact) mass is 251 g/mol. The lowest BCUT2D eigenvalue weighted by Crippen LogP contribution is -2.06. The van der Waals surface area contributed by atoms with Crippen LogP contribution in [-0.4, -0.2) is 24.7 Å². The molecule has 0 spiro atoms. The second-order valence-electron chi connectivity index (χ2n) is 3.26. The predicted molar refractivity (Wildman–Crippen MR) is 62.2 cm³/mol. The average molecular weight is 252 g/mol. The van der Waals surface area contributed by atoms with Gasteiger partial charge in [-0.25, -0.2) is 4.79 Å². The Bertz CT molecular complexity index is 491. The molecule has 1 aromatic carbocycles. The van der Waals surface area contributed by atoms with Gasteiger partial charge in [0.05, 0.1) is 24.3 Å². The number of carbonyl (C=O) groups excluding carboxylic acids is 2. The lowest BCUT2D eigenvalue weighted by atomic mass is 10.0. The van der Waals surface area contributed by atoms with E-state index < -0.39 is 5.97 Å². The van der Waals surface area contributed by atoms with Crippen LogP contribution in [0.1, 0.15) is 32.7 Å². The Hall–Kier alpha value is -1.86. The number of hydrogen-bond donors (Lipinski definition) is 0. The summed E-state index contributed by atoms with van der Waals surface area (Å²) >= 11 is 5.47. The van der Waals surface area contributed by atoms with Crippen LogP contribution in [0.5, 0.6) is 0 Å². The first-order valence-electron chi connectivity index (χ1n) is 4.85. The molecule has 0 amide bonds. The summed E-state index contributed by atoms with van der Waals surface area (Å²) in [7, 11) is 1.24. The van der Waals surface area contributed by atoms with Gasteiger partial charge in [-0.2, -0.15) is 5.26 Å². The van der Waals surface area contributed by atoms with E-state index in [0.29, 0.717) is 5.56 Å². The number of ether oxygens (including phenoxy) is 1. The third-order valence-corrected chi connectivity index (χ3v) is 2.32. The maximum Gasteiger partial charge on any atom is 0.337 e. The Balaban J connectivity index is 3.19. The molecule has 0 saturated heterocycles. The van der Waals surface area contributed by atoms with Gasteiger partial charge in [-0.3, -0.25) is 4.79 Å². The molecule has 17 heavy (non-hydrogen) atoms. The summed E-state index contributed by atoms with van der Waals surface area (Å²) in [6, 6.07) is 6.11. The lowest BCUT2D eigenvalue weighted by Gasteiger charge is -2.04. The molecular formula is C12H10ClNO3. The van der Waals surface area contributed by atoms with Crippen LogP contribution in [0.15, 0.2) is 18.2 Å². The van der Waals surface area contributed by atoms with Crippen LogP contribution in [-0.2, 0) is 4.74 Å². The van der Waals surface area contributed by atoms with Crippen LogP contribution < -0.4 is 0 Å². The van der Waals surface area contributed by atoms with Crippen LogP contribution in [0.4, 0.5) is 0 Å². The van der Waals surface area contributed by atoms with Crippen molar-refractivity contribution in [2.24, 2.45) is 0 Å². The zero-order chi connectivity index (χ0) is 12.8. The normalized spacial score (nSPS) is 9.47. The molecule has 0 fully saturated rings. The number of methoxy groups -OCH3 is 1. The van der Waals surface area contributed by atoms with Crippen molar-refractivity contribution in [1.82, 2.24) is 0 Å². The van der Waals surface area contributed by atoms with Crippen molar-refractivity contribution in [2.45, 2.75) is 6.42 Å². The summed E-state index contributed by atoms with van der Waals surface area (Å²) < 4.78 is 4.54. The summed E-state index contributed by atoms with van der Waals surface area (Å²) in [5.41, 5.74) is 0.723. The molecule has 0 unspecified atom stereocenters. The van der Waals surface area contributed by atoms with E-state index in [1.165, 1.54) is 25.3 Å². The number of esters is 1. The van der Waals surface area contributed by atoms with Gasteiger partial charge in [0.2, 0.25) is 0 Å². The average Bonchev–Trinajstić information content (AvgIpc) is 2.37. The number of nitrogens with zero attached hydrogens (tertiary/aromatic N) is 1. The van der Waals surface area contributed by atoms with E-state index in [0.717, 1.165) is 0 Å². The smallest absolute Gasteiger partial charge is 0.337 e. The minimum Gasteiger partial charge on any atom is -0.465 e. The van der Waals surface area contributed by atoms with E-state index in [1.54, 1.807) is 0 Å². The first kappa shape index (κ1) is 13.2. The zero-order valence-corrected chi connectivity index (χ0v) is 9.95. The highest BCUT2D eigenvalue weighted by Gasteiger charge is 2.12. The van der Waals surface area contributed by atoms with Crippen LogP contribution in [0.3, 0.4) is 0 Å². The van der Waals surface area contributed by atoms with Gasteiger partial charge in [-0.1, -0.05) is 0 Å². The molecule has 0 bridgehead atoms. The Labute approximate surface area is 104 Å². The summed E-state index contributed by atoms with van der Waals surface area (Å²) in [6.45, 7) is 0. The number of benzene rings is 1. The molecule has 0 N–H and O–H groups in total. The highest BCUT2D eigenvalue weighted by molar-refractivity contribution is 6.19. The molecule has 0 heterocycles. The highest BCUT2D eigenvalue weighted by Crippen LogP contribution is 2.13. The number of nitriles is 1.